The van der Waals surface area contributed by atoms with Crippen molar-refractivity contribution in [2.45, 2.75) is 26.3 Å². The van der Waals surface area contributed by atoms with Crippen molar-refractivity contribution in [1.29, 1.82) is 0 Å². The molecule has 0 spiro atoms. The van der Waals surface area contributed by atoms with Crippen molar-refractivity contribution in [3.8, 4) is 0 Å². The fourth-order valence-electron chi connectivity index (χ4n) is 3.38. The van der Waals surface area contributed by atoms with Gasteiger partial charge in [-0.15, -0.1) is 0 Å². The second kappa shape index (κ2) is 5.95. The molecule has 2 aliphatic carbocycles. The van der Waals surface area contributed by atoms with Crippen LogP contribution in [0.15, 0.2) is 12.2 Å². The fourth-order valence-corrected chi connectivity index (χ4v) is 3.38. The summed E-state index contributed by atoms with van der Waals surface area (Å²) in [5.41, 5.74) is 0. The van der Waals surface area contributed by atoms with Crippen LogP contribution >= 0.6 is 0 Å². The Bertz CT molecular complexity index is 418. The molecule has 2 N–H and O–H groups in total. The molecule has 2 bridgehead atoms. The Balaban J connectivity index is 2.08. The highest BCUT2D eigenvalue weighted by Gasteiger charge is 2.51. The summed E-state index contributed by atoms with van der Waals surface area (Å²) in [6.45, 7) is 4.47. The number of allylic oxidation sites excluding steroid dienone is 2. The normalized spacial score (nSPS) is 32.6. The second-order valence-corrected chi connectivity index (χ2v) is 6.15. The average molecular weight is 281 g/mol. The van der Waals surface area contributed by atoms with Crippen LogP contribution in [0.3, 0.4) is 0 Å². The molecular formula is C15H23NO4. The Kier molecular flexibility index (Phi) is 4.48. The van der Waals surface area contributed by atoms with Gasteiger partial charge in [-0.2, -0.15) is 0 Å². The van der Waals surface area contributed by atoms with Gasteiger partial charge in [-0.3, -0.25) is 9.59 Å². The molecule has 1 fully saturated rings. The van der Waals surface area contributed by atoms with Crippen molar-refractivity contribution in [2.75, 3.05) is 13.7 Å². The van der Waals surface area contributed by atoms with Gasteiger partial charge in [0.15, 0.2) is 0 Å². The first kappa shape index (κ1) is 15.0. The zero-order valence-electron chi connectivity index (χ0n) is 12.2. The lowest BCUT2D eigenvalue weighted by Crippen LogP contribution is -2.47. The first-order valence-electron chi connectivity index (χ1n) is 7.16. The summed E-state index contributed by atoms with van der Waals surface area (Å²) in [5, 5.41) is 12.3. The zero-order chi connectivity index (χ0) is 14.9. The fraction of sp³-hybridized carbons (Fsp3) is 0.733. The molecule has 2 aliphatic rings. The SMILES string of the molecule is COCC(NC(=O)[C@H]1C2C=CC(C2)[C@H]1C(=O)O)C(C)C. The number of rotatable bonds is 6. The molecule has 0 heterocycles. The van der Waals surface area contributed by atoms with Crippen molar-refractivity contribution >= 4 is 11.9 Å². The number of methoxy groups -OCH3 is 1. The van der Waals surface area contributed by atoms with Gasteiger partial charge in [-0.25, -0.2) is 0 Å². The van der Waals surface area contributed by atoms with Crippen molar-refractivity contribution in [2.24, 2.45) is 29.6 Å². The van der Waals surface area contributed by atoms with Crippen LogP contribution in [-0.2, 0) is 14.3 Å². The van der Waals surface area contributed by atoms with Crippen LogP contribution in [0, 0.1) is 29.6 Å². The molecule has 5 heteroatoms. The van der Waals surface area contributed by atoms with Gasteiger partial charge < -0.3 is 15.2 Å². The van der Waals surface area contributed by atoms with Crippen LogP contribution in [0.5, 0.6) is 0 Å². The van der Waals surface area contributed by atoms with E-state index in [1.165, 1.54) is 0 Å². The number of nitrogens with one attached hydrogen (secondary N) is 1. The van der Waals surface area contributed by atoms with Gasteiger partial charge in [0.05, 0.1) is 24.5 Å². The molecule has 2 rings (SSSR count). The van der Waals surface area contributed by atoms with Gasteiger partial charge in [0.1, 0.15) is 0 Å². The number of hydrogen-bond donors (Lipinski definition) is 2. The summed E-state index contributed by atoms with van der Waals surface area (Å²) >= 11 is 0. The summed E-state index contributed by atoms with van der Waals surface area (Å²) in [6.07, 6.45) is 4.73. The third-order valence-electron chi connectivity index (χ3n) is 4.53. The summed E-state index contributed by atoms with van der Waals surface area (Å²) in [5.74, 6) is -1.72. The lowest BCUT2D eigenvalue weighted by atomic mass is 9.82. The number of hydrogen-bond acceptors (Lipinski definition) is 3. The first-order valence-corrected chi connectivity index (χ1v) is 7.16. The number of carbonyl (C=O) groups excluding carboxylic acids is 1. The van der Waals surface area contributed by atoms with Crippen LogP contribution in [-0.4, -0.2) is 36.7 Å². The average Bonchev–Trinajstić information content (AvgIpc) is 2.97. The van der Waals surface area contributed by atoms with E-state index in [0.29, 0.717) is 6.61 Å². The van der Waals surface area contributed by atoms with E-state index in [9.17, 15) is 14.7 Å². The largest absolute Gasteiger partial charge is 0.481 e. The second-order valence-electron chi connectivity index (χ2n) is 6.15. The number of carbonyl (C=O) groups is 2. The van der Waals surface area contributed by atoms with E-state index < -0.39 is 17.8 Å². The smallest absolute Gasteiger partial charge is 0.307 e. The number of carboxylic acids is 1. The van der Waals surface area contributed by atoms with Crippen LogP contribution in [0.2, 0.25) is 0 Å². The van der Waals surface area contributed by atoms with E-state index in [1.54, 1.807) is 7.11 Å². The summed E-state index contributed by atoms with van der Waals surface area (Å²) < 4.78 is 5.12. The number of aliphatic carboxylic acids is 1. The number of carboxylic acid groups (broad SMARTS) is 1. The quantitative estimate of drug-likeness (QED) is 0.720. The van der Waals surface area contributed by atoms with Gasteiger partial charge in [-0.05, 0) is 24.2 Å². The maximum Gasteiger partial charge on any atom is 0.307 e. The minimum Gasteiger partial charge on any atom is -0.481 e. The molecule has 112 valence electrons. The van der Waals surface area contributed by atoms with Crippen LogP contribution < -0.4 is 5.32 Å². The molecule has 0 saturated heterocycles. The van der Waals surface area contributed by atoms with Crippen molar-refractivity contribution in [3.05, 3.63) is 12.2 Å². The van der Waals surface area contributed by atoms with E-state index in [4.69, 9.17) is 4.74 Å². The van der Waals surface area contributed by atoms with E-state index in [1.807, 2.05) is 26.0 Å². The topological polar surface area (TPSA) is 75.6 Å². The molecule has 0 aromatic rings. The zero-order valence-corrected chi connectivity index (χ0v) is 12.2. The highest BCUT2D eigenvalue weighted by Crippen LogP contribution is 2.48. The van der Waals surface area contributed by atoms with Crippen molar-refractivity contribution in [1.82, 2.24) is 5.32 Å². The van der Waals surface area contributed by atoms with Crippen molar-refractivity contribution < 1.29 is 19.4 Å². The van der Waals surface area contributed by atoms with Crippen LogP contribution in [0.1, 0.15) is 20.3 Å². The third-order valence-corrected chi connectivity index (χ3v) is 4.53. The number of amides is 1. The highest BCUT2D eigenvalue weighted by molar-refractivity contribution is 5.87. The first-order chi connectivity index (χ1) is 9.45. The van der Waals surface area contributed by atoms with Gasteiger partial charge in [0, 0.05) is 7.11 Å². The predicted octanol–water partition coefficient (Wildman–Crippen LogP) is 1.30. The van der Waals surface area contributed by atoms with Gasteiger partial charge in [-0.1, -0.05) is 26.0 Å². The maximum atomic E-state index is 12.5. The number of fused-ring (bicyclic) bond motifs is 2. The standard InChI is InChI=1S/C15H23NO4/c1-8(2)11(7-20-3)16-14(17)12-9-4-5-10(6-9)13(12)15(18)19/h4-5,8-13H,6-7H2,1-3H3,(H,16,17)(H,18,19)/t9?,10?,11?,12-,13+/m0/s1. The minimum absolute atomic E-state index is 0.00757. The lowest BCUT2D eigenvalue weighted by molar-refractivity contribution is -0.148. The summed E-state index contributed by atoms with van der Waals surface area (Å²) in [7, 11) is 1.60. The lowest BCUT2D eigenvalue weighted by Gasteiger charge is -2.28. The van der Waals surface area contributed by atoms with Crippen molar-refractivity contribution in [3.63, 3.8) is 0 Å². The molecule has 0 radical (unpaired) electrons. The predicted molar refractivity (Wildman–Crippen MR) is 74.0 cm³/mol. The van der Waals surface area contributed by atoms with Crippen LogP contribution in [0.25, 0.3) is 0 Å². The molecule has 1 saturated carbocycles. The third kappa shape index (κ3) is 2.73. The molecule has 20 heavy (non-hydrogen) atoms. The molecular weight excluding hydrogens is 258 g/mol. The summed E-state index contributed by atoms with van der Waals surface area (Å²) in [6, 6.07) is -0.0787. The molecule has 0 aromatic heterocycles. The minimum atomic E-state index is -0.866. The number of ether oxygens (including phenoxy) is 1. The molecule has 1 amide bonds. The van der Waals surface area contributed by atoms with E-state index >= 15 is 0 Å². The monoisotopic (exact) mass is 281 g/mol. The Morgan fingerprint density at radius 3 is 2.40 bits per heavy atom. The van der Waals surface area contributed by atoms with Gasteiger partial charge >= 0.3 is 5.97 Å². The Morgan fingerprint density at radius 1 is 1.30 bits per heavy atom. The Labute approximate surface area is 119 Å². The molecule has 0 aromatic carbocycles. The molecule has 3 unspecified atom stereocenters. The molecule has 5 nitrogen and oxygen atoms in total. The van der Waals surface area contributed by atoms with Gasteiger partial charge in [0.2, 0.25) is 5.91 Å². The maximum absolute atomic E-state index is 12.5. The highest BCUT2D eigenvalue weighted by atomic mass is 16.5. The molecule has 5 atom stereocenters. The van der Waals surface area contributed by atoms with E-state index in [2.05, 4.69) is 5.32 Å². The Morgan fingerprint density at radius 2 is 1.90 bits per heavy atom. The van der Waals surface area contributed by atoms with E-state index in [-0.39, 0.29) is 29.7 Å². The summed E-state index contributed by atoms with van der Waals surface area (Å²) in [4.78, 5) is 23.9. The van der Waals surface area contributed by atoms with Gasteiger partial charge in [0.25, 0.3) is 0 Å². The van der Waals surface area contributed by atoms with E-state index in [0.717, 1.165) is 6.42 Å². The Hall–Kier alpha value is -1.36. The van der Waals surface area contributed by atoms with Crippen LogP contribution in [0.4, 0.5) is 0 Å². The molecule has 0 aliphatic heterocycles.